The Labute approximate surface area is 159 Å². The predicted molar refractivity (Wildman–Crippen MR) is 104 cm³/mol. The van der Waals surface area contributed by atoms with Gasteiger partial charge >= 0.3 is 0 Å². The van der Waals surface area contributed by atoms with Crippen molar-refractivity contribution in [1.82, 2.24) is 5.32 Å². The van der Waals surface area contributed by atoms with Crippen molar-refractivity contribution in [3.8, 4) is 0 Å². The Morgan fingerprint density at radius 3 is 2.19 bits per heavy atom. The lowest BCUT2D eigenvalue weighted by molar-refractivity contribution is -0.123. The first kappa shape index (κ1) is 19.1. The fraction of sp³-hybridized carbons (Fsp3) is 0.364. The summed E-state index contributed by atoms with van der Waals surface area (Å²) in [5, 5.41) is 5.87. The highest BCUT2D eigenvalue weighted by molar-refractivity contribution is 6.04. The van der Waals surface area contributed by atoms with Crippen molar-refractivity contribution in [1.29, 1.82) is 0 Å². The minimum Gasteiger partial charge on any atom is -0.338 e. The van der Waals surface area contributed by atoms with Crippen molar-refractivity contribution in [2.24, 2.45) is 0 Å². The van der Waals surface area contributed by atoms with Crippen LogP contribution in [0.3, 0.4) is 0 Å². The van der Waals surface area contributed by atoms with Crippen molar-refractivity contribution in [3.63, 3.8) is 0 Å². The predicted octanol–water partition coefficient (Wildman–Crippen LogP) is 4.51. The zero-order valence-electron chi connectivity index (χ0n) is 15.8. The molecule has 2 aromatic carbocycles. The molecule has 1 saturated carbocycles. The quantitative estimate of drug-likeness (QED) is 0.834. The maximum Gasteiger partial charge on any atom is 0.255 e. The zero-order valence-corrected chi connectivity index (χ0v) is 15.8. The maximum absolute atomic E-state index is 14.0. The average Bonchev–Trinajstić information content (AvgIpc) is 2.65. The van der Waals surface area contributed by atoms with Gasteiger partial charge in [-0.1, -0.05) is 49.6 Å². The summed E-state index contributed by atoms with van der Waals surface area (Å²) in [6, 6.07) is 11.7. The van der Waals surface area contributed by atoms with Crippen LogP contribution >= 0.6 is 0 Å². The molecule has 0 radical (unpaired) electrons. The van der Waals surface area contributed by atoms with Crippen LogP contribution in [0.25, 0.3) is 0 Å². The van der Waals surface area contributed by atoms with E-state index in [0.717, 1.165) is 36.1 Å². The first-order chi connectivity index (χ1) is 12.9. The summed E-state index contributed by atoms with van der Waals surface area (Å²) in [5.74, 6) is -1.37. The highest BCUT2D eigenvalue weighted by atomic mass is 19.1. The number of hydrogen-bond acceptors (Lipinski definition) is 2. The van der Waals surface area contributed by atoms with Gasteiger partial charge in [0.25, 0.3) is 5.91 Å². The smallest absolute Gasteiger partial charge is 0.255 e. The van der Waals surface area contributed by atoms with Gasteiger partial charge in [0.15, 0.2) is 0 Å². The Kier molecular flexibility index (Phi) is 5.59. The lowest BCUT2D eigenvalue weighted by Gasteiger charge is -2.37. The van der Waals surface area contributed by atoms with Crippen molar-refractivity contribution < 1.29 is 14.0 Å². The number of nitrogens with one attached hydrogen (secondary N) is 2. The summed E-state index contributed by atoms with van der Waals surface area (Å²) in [6.45, 7) is 3.88. The van der Waals surface area contributed by atoms with E-state index in [1.165, 1.54) is 18.2 Å². The Balaban J connectivity index is 1.87. The number of benzene rings is 2. The molecule has 0 aromatic heterocycles. The fourth-order valence-electron chi connectivity index (χ4n) is 3.74. The van der Waals surface area contributed by atoms with E-state index >= 15 is 0 Å². The van der Waals surface area contributed by atoms with Gasteiger partial charge in [-0.3, -0.25) is 9.59 Å². The van der Waals surface area contributed by atoms with E-state index in [2.05, 4.69) is 10.6 Å². The molecule has 5 heteroatoms. The third-order valence-electron chi connectivity index (χ3n) is 5.33. The van der Waals surface area contributed by atoms with E-state index in [-0.39, 0.29) is 11.5 Å². The topological polar surface area (TPSA) is 58.2 Å². The molecule has 142 valence electrons. The Hall–Kier alpha value is -2.69. The summed E-state index contributed by atoms with van der Waals surface area (Å²) >= 11 is 0. The minimum atomic E-state index is -1.02. The Bertz CT molecular complexity index is 837. The number of carbonyl (C=O) groups excluding carboxylic acids is 2. The third-order valence-corrected chi connectivity index (χ3v) is 5.33. The first-order valence-corrected chi connectivity index (χ1v) is 9.38. The summed E-state index contributed by atoms with van der Waals surface area (Å²) in [5.41, 5.74) is 1.64. The molecule has 0 unspecified atom stereocenters. The fourth-order valence-corrected chi connectivity index (χ4v) is 3.74. The number of halogens is 1. The van der Waals surface area contributed by atoms with E-state index in [4.69, 9.17) is 0 Å². The van der Waals surface area contributed by atoms with Crippen molar-refractivity contribution in [2.45, 2.75) is 51.5 Å². The second kappa shape index (κ2) is 7.91. The minimum absolute atomic E-state index is 0.0395. The summed E-state index contributed by atoms with van der Waals surface area (Å²) < 4.78 is 14.0. The summed E-state index contributed by atoms with van der Waals surface area (Å²) in [6.07, 6.45) is 3.80. The Morgan fingerprint density at radius 2 is 1.56 bits per heavy atom. The number of anilines is 1. The molecule has 0 saturated heterocycles. The third kappa shape index (κ3) is 4.02. The SMILES string of the molecule is Cc1cccc(C)c1NC(=O)C1(NC(=O)c2ccccc2F)CCCCC1. The van der Waals surface area contributed by atoms with E-state index in [1.807, 2.05) is 32.0 Å². The van der Waals surface area contributed by atoms with Gasteiger partial charge in [0.1, 0.15) is 11.4 Å². The number of amides is 2. The molecule has 0 heterocycles. The maximum atomic E-state index is 14.0. The van der Waals surface area contributed by atoms with Crippen LogP contribution in [-0.4, -0.2) is 17.4 Å². The van der Waals surface area contributed by atoms with Crippen molar-refractivity contribution >= 4 is 17.5 Å². The molecule has 1 fully saturated rings. The van der Waals surface area contributed by atoms with Crippen LogP contribution in [-0.2, 0) is 4.79 Å². The van der Waals surface area contributed by atoms with E-state index < -0.39 is 17.3 Å². The normalized spacial score (nSPS) is 15.8. The van der Waals surface area contributed by atoms with Gasteiger partial charge in [-0.2, -0.15) is 0 Å². The van der Waals surface area contributed by atoms with Gasteiger partial charge < -0.3 is 10.6 Å². The second-order valence-corrected chi connectivity index (χ2v) is 7.30. The average molecular weight is 368 g/mol. The lowest BCUT2D eigenvalue weighted by Crippen LogP contribution is -2.58. The molecule has 2 aromatic rings. The molecule has 0 bridgehead atoms. The monoisotopic (exact) mass is 368 g/mol. The van der Waals surface area contributed by atoms with Crippen LogP contribution in [0.4, 0.5) is 10.1 Å². The van der Waals surface area contributed by atoms with Gasteiger partial charge in [0, 0.05) is 5.69 Å². The molecule has 0 atom stereocenters. The van der Waals surface area contributed by atoms with Gasteiger partial charge in [0.2, 0.25) is 5.91 Å². The van der Waals surface area contributed by atoms with Crippen molar-refractivity contribution in [2.75, 3.05) is 5.32 Å². The van der Waals surface area contributed by atoms with Gasteiger partial charge in [-0.05, 0) is 49.9 Å². The van der Waals surface area contributed by atoms with Crippen LogP contribution < -0.4 is 10.6 Å². The number of carbonyl (C=O) groups is 2. The molecule has 0 spiro atoms. The summed E-state index contributed by atoms with van der Waals surface area (Å²) in [4.78, 5) is 25.9. The standard InChI is InChI=1S/C22H25FN2O2/c1-15-9-8-10-16(2)19(15)24-21(27)22(13-6-3-7-14-22)25-20(26)17-11-4-5-12-18(17)23/h4-5,8-12H,3,6-7,13-14H2,1-2H3,(H,24,27)(H,25,26). The molecule has 4 nitrogen and oxygen atoms in total. The van der Waals surface area contributed by atoms with Crippen LogP contribution in [0.2, 0.25) is 0 Å². The second-order valence-electron chi connectivity index (χ2n) is 7.30. The largest absolute Gasteiger partial charge is 0.338 e. The highest BCUT2D eigenvalue weighted by Gasteiger charge is 2.41. The van der Waals surface area contributed by atoms with Crippen LogP contribution in [0.5, 0.6) is 0 Å². The van der Waals surface area contributed by atoms with Gasteiger partial charge in [-0.25, -0.2) is 4.39 Å². The first-order valence-electron chi connectivity index (χ1n) is 9.38. The lowest BCUT2D eigenvalue weighted by atomic mass is 9.80. The van der Waals surface area contributed by atoms with Gasteiger partial charge in [0.05, 0.1) is 5.56 Å². The molecule has 0 aliphatic heterocycles. The molecular weight excluding hydrogens is 343 g/mol. The number of para-hydroxylation sites is 1. The van der Waals surface area contributed by atoms with Crippen LogP contribution in [0.15, 0.2) is 42.5 Å². The summed E-state index contributed by atoms with van der Waals surface area (Å²) in [7, 11) is 0. The number of rotatable bonds is 4. The van der Waals surface area contributed by atoms with E-state index in [1.54, 1.807) is 6.07 Å². The van der Waals surface area contributed by atoms with E-state index in [0.29, 0.717) is 12.8 Å². The zero-order chi connectivity index (χ0) is 19.4. The molecule has 3 rings (SSSR count). The van der Waals surface area contributed by atoms with Crippen LogP contribution in [0.1, 0.15) is 53.6 Å². The molecule has 1 aliphatic rings. The van der Waals surface area contributed by atoms with Gasteiger partial charge in [-0.15, -0.1) is 0 Å². The van der Waals surface area contributed by atoms with Crippen molar-refractivity contribution in [3.05, 3.63) is 65.0 Å². The number of hydrogen-bond donors (Lipinski definition) is 2. The molecular formula is C22H25FN2O2. The van der Waals surface area contributed by atoms with Crippen LogP contribution in [0, 0.1) is 19.7 Å². The number of aryl methyl sites for hydroxylation is 2. The molecule has 2 amide bonds. The molecule has 1 aliphatic carbocycles. The highest BCUT2D eigenvalue weighted by Crippen LogP contribution is 2.31. The molecule has 2 N–H and O–H groups in total. The Morgan fingerprint density at radius 1 is 0.926 bits per heavy atom. The van der Waals surface area contributed by atoms with E-state index in [9.17, 15) is 14.0 Å². The molecule has 27 heavy (non-hydrogen) atoms.